The van der Waals surface area contributed by atoms with Crippen LogP contribution in [0.3, 0.4) is 0 Å². The predicted molar refractivity (Wildman–Crippen MR) is 62.3 cm³/mol. The van der Waals surface area contributed by atoms with E-state index in [0.29, 0.717) is 12.8 Å². The van der Waals surface area contributed by atoms with Crippen LogP contribution in [0, 0.1) is 5.82 Å². The molecule has 0 aliphatic heterocycles. The number of hydrogen-bond donors (Lipinski definition) is 1. The van der Waals surface area contributed by atoms with E-state index in [1.807, 2.05) is 0 Å². The highest BCUT2D eigenvalue weighted by molar-refractivity contribution is 5.93. The quantitative estimate of drug-likeness (QED) is 0.817. The third-order valence-corrected chi connectivity index (χ3v) is 3.20. The van der Waals surface area contributed by atoms with Gasteiger partial charge in [-0.05, 0) is 30.5 Å². The van der Waals surface area contributed by atoms with Crippen LogP contribution in [0.4, 0.5) is 4.39 Å². The zero-order valence-corrected chi connectivity index (χ0v) is 10.0. The van der Waals surface area contributed by atoms with Crippen LogP contribution in [0.2, 0.25) is 0 Å². The molecule has 2 rings (SSSR count). The van der Waals surface area contributed by atoms with Crippen molar-refractivity contribution in [3.8, 4) is 0 Å². The van der Waals surface area contributed by atoms with Crippen molar-refractivity contribution in [2.75, 3.05) is 13.7 Å². The highest BCUT2D eigenvalue weighted by Crippen LogP contribution is 2.48. The molecule has 0 spiro atoms. The van der Waals surface area contributed by atoms with E-state index in [1.54, 1.807) is 12.1 Å². The minimum Gasteiger partial charge on any atom is -0.468 e. The summed E-state index contributed by atoms with van der Waals surface area (Å²) < 4.78 is 17.3. The molecule has 0 unspecified atom stereocenters. The number of ether oxygens (including phenoxy) is 1. The van der Waals surface area contributed by atoms with E-state index in [-0.39, 0.29) is 18.3 Å². The van der Waals surface area contributed by atoms with Gasteiger partial charge in [0.25, 0.3) is 0 Å². The van der Waals surface area contributed by atoms with E-state index in [1.165, 1.54) is 19.2 Å². The van der Waals surface area contributed by atoms with E-state index >= 15 is 0 Å². The fourth-order valence-electron chi connectivity index (χ4n) is 1.93. The van der Waals surface area contributed by atoms with Crippen LogP contribution in [-0.4, -0.2) is 25.5 Å². The molecule has 0 aromatic heterocycles. The first-order valence-electron chi connectivity index (χ1n) is 5.70. The maximum atomic E-state index is 12.8. The molecule has 1 amide bonds. The largest absolute Gasteiger partial charge is 0.468 e. The summed E-state index contributed by atoms with van der Waals surface area (Å²) in [5.41, 5.74) is 0.188. The second-order valence-electron chi connectivity index (χ2n) is 4.35. The lowest BCUT2D eigenvalue weighted by atomic mass is 9.95. The van der Waals surface area contributed by atoms with Gasteiger partial charge in [0.1, 0.15) is 12.4 Å². The van der Waals surface area contributed by atoms with Crippen LogP contribution in [0.15, 0.2) is 24.3 Å². The molecule has 1 saturated carbocycles. The SMILES string of the molecule is COC(=O)CNC(=O)C1(c2ccc(F)cc2)CC1. The number of esters is 1. The smallest absolute Gasteiger partial charge is 0.325 e. The Kier molecular flexibility index (Phi) is 3.32. The zero-order chi connectivity index (χ0) is 13.2. The Balaban J connectivity index is 2.05. The fraction of sp³-hybridized carbons (Fsp3) is 0.385. The molecule has 5 heteroatoms. The van der Waals surface area contributed by atoms with Crippen LogP contribution < -0.4 is 5.32 Å². The van der Waals surface area contributed by atoms with Crippen molar-refractivity contribution in [2.45, 2.75) is 18.3 Å². The Morgan fingerprint density at radius 2 is 1.94 bits per heavy atom. The summed E-state index contributed by atoms with van der Waals surface area (Å²) in [4.78, 5) is 23.0. The summed E-state index contributed by atoms with van der Waals surface area (Å²) in [6, 6.07) is 5.89. The topological polar surface area (TPSA) is 55.4 Å². The van der Waals surface area contributed by atoms with Gasteiger partial charge in [-0.1, -0.05) is 12.1 Å². The standard InChI is InChI=1S/C13H14FNO3/c1-18-11(16)8-15-12(17)13(6-7-13)9-2-4-10(14)5-3-9/h2-5H,6-8H2,1H3,(H,15,17). The summed E-state index contributed by atoms with van der Waals surface area (Å²) in [6.07, 6.45) is 1.43. The van der Waals surface area contributed by atoms with Crippen molar-refractivity contribution < 1.29 is 18.7 Å². The molecular formula is C13H14FNO3. The first-order valence-corrected chi connectivity index (χ1v) is 5.70. The lowest BCUT2D eigenvalue weighted by molar-refractivity contribution is -0.141. The highest BCUT2D eigenvalue weighted by Gasteiger charge is 2.51. The third-order valence-electron chi connectivity index (χ3n) is 3.20. The Labute approximate surface area is 104 Å². The van der Waals surface area contributed by atoms with E-state index in [0.717, 1.165) is 5.56 Å². The van der Waals surface area contributed by atoms with E-state index in [9.17, 15) is 14.0 Å². The minimum atomic E-state index is -0.596. The molecule has 1 N–H and O–H groups in total. The normalized spacial score (nSPS) is 15.9. The molecule has 0 atom stereocenters. The molecule has 1 aromatic carbocycles. The molecule has 1 aliphatic rings. The summed E-state index contributed by atoms with van der Waals surface area (Å²) in [5.74, 6) is -1.03. The fourth-order valence-corrected chi connectivity index (χ4v) is 1.93. The van der Waals surface area contributed by atoms with Gasteiger partial charge >= 0.3 is 5.97 Å². The maximum Gasteiger partial charge on any atom is 0.325 e. The number of carbonyl (C=O) groups is 2. The molecule has 1 aromatic rings. The number of benzene rings is 1. The average molecular weight is 251 g/mol. The molecule has 0 heterocycles. The van der Waals surface area contributed by atoms with E-state index in [2.05, 4.69) is 10.1 Å². The molecule has 0 radical (unpaired) electrons. The lowest BCUT2D eigenvalue weighted by Crippen LogP contribution is -2.38. The number of amides is 1. The Morgan fingerprint density at radius 3 is 2.44 bits per heavy atom. The third kappa shape index (κ3) is 2.34. The summed E-state index contributed by atoms with van der Waals surface area (Å²) in [5, 5.41) is 2.54. The van der Waals surface area contributed by atoms with Crippen LogP contribution >= 0.6 is 0 Å². The van der Waals surface area contributed by atoms with Gasteiger partial charge in [-0.15, -0.1) is 0 Å². The van der Waals surface area contributed by atoms with Crippen molar-refractivity contribution in [1.29, 1.82) is 0 Å². The van der Waals surface area contributed by atoms with Gasteiger partial charge < -0.3 is 10.1 Å². The molecule has 1 fully saturated rings. The van der Waals surface area contributed by atoms with Gasteiger partial charge in [0.15, 0.2) is 0 Å². The van der Waals surface area contributed by atoms with Crippen LogP contribution in [0.5, 0.6) is 0 Å². The van der Waals surface area contributed by atoms with Crippen molar-refractivity contribution >= 4 is 11.9 Å². The Morgan fingerprint density at radius 1 is 1.33 bits per heavy atom. The van der Waals surface area contributed by atoms with Gasteiger partial charge in [0, 0.05) is 0 Å². The number of halogens is 1. The number of carbonyl (C=O) groups excluding carboxylic acids is 2. The van der Waals surface area contributed by atoms with Crippen LogP contribution in [0.25, 0.3) is 0 Å². The van der Waals surface area contributed by atoms with Gasteiger partial charge in [-0.2, -0.15) is 0 Å². The minimum absolute atomic E-state index is 0.141. The first kappa shape index (κ1) is 12.5. The van der Waals surface area contributed by atoms with Crippen molar-refractivity contribution in [3.05, 3.63) is 35.6 Å². The van der Waals surface area contributed by atoms with Crippen molar-refractivity contribution in [1.82, 2.24) is 5.32 Å². The van der Waals surface area contributed by atoms with Gasteiger partial charge in [-0.25, -0.2) is 4.39 Å². The predicted octanol–water partition coefficient (Wildman–Crippen LogP) is 1.15. The van der Waals surface area contributed by atoms with Crippen LogP contribution in [0.1, 0.15) is 18.4 Å². The Hall–Kier alpha value is -1.91. The van der Waals surface area contributed by atoms with Gasteiger partial charge in [0.2, 0.25) is 5.91 Å². The van der Waals surface area contributed by atoms with E-state index in [4.69, 9.17) is 0 Å². The highest BCUT2D eigenvalue weighted by atomic mass is 19.1. The number of rotatable bonds is 4. The molecule has 96 valence electrons. The van der Waals surface area contributed by atoms with Gasteiger partial charge in [-0.3, -0.25) is 9.59 Å². The monoisotopic (exact) mass is 251 g/mol. The maximum absolute atomic E-state index is 12.8. The lowest BCUT2D eigenvalue weighted by Gasteiger charge is -2.15. The summed E-state index contributed by atoms with van der Waals surface area (Å²) >= 11 is 0. The molecular weight excluding hydrogens is 237 g/mol. The second-order valence-corrected chi connectivity index (χ2v) is 4.35. The van der Waals surface area contributed by atoms with Crippen molar-refractivity contribution in [3.63, 3.8) is 0 Å². The first-order chi connectivity index (χ1) is 8.58. The molecule has 0 bridgehead atoms. The summed E-state index contributed by atoms with van der Waals surface area (Å²) in [6.45, 7) is -0.141. The molecule has 18 heavy (non-hydrogen) atoms. The van der Waals surface area contributed by atoms with Crippen molar-refractivity contribution in [2.24, 2.45) is 0 Å². The average Bonchev–Trinajstić information content (AvgIpc) is 3.17. The van der Waals surface area contributed by atoms with E-state index < -0.39 is 11.4 Å². The number of nitrogens with one attached hydrogen (secondary N) is 1. The summed E-state index contributed by atoms with van der Waals surface area (Å²) in [7, 11) is 1.27. The molecule has 0 saturated heterocycles. The number of methoxy groups -OCH3 is 1. The zero-order valence-electron chi connectivity index (χ0n) is 10.0. The molecule has 4 nitrogen and oxygen atoms in total. The molecule has 1 aliphatic carbocycles. The van der Waals surface area contributed by atoms with Gasteiger partial charge in [0.05, 0.1) is 12.5 Å². The second kappa shape index (κ2) is 4.76. The van der Waals surface area contributed by atoms with Crippen LogP contribution in [-0.2, 0) is 19.7 Å². The number of hydrogen-bond acceptors (Lipinski definition) is 3. The Bertz CT molecular complexity index is 466.